The Labute approximate surface area is 110 Å². The summed E-state index contributed by atoms with van der Waals surface area (Å²) in [5, 5.41) is 11.0. The summed E-state index contributed by atoms with van der Waals surface area (Å²) < 4.78 is 27.3. The van der Waals surface area contributed by atoms with Crippen molar-refractivity contribution in [1.29, 1.82) is 0 Å². The first-order chi connectivity index (χ1) is 9.04. The molecular weight excluding hydrogens is 254 g/mol. The zero-order valence-corrected chi connectivity index (χ0v) is 10.7. The number of anilines is 1. The molecule has 0 saturated heterocycles. The fraction of sp³-hybridized carbons (Fsp3) is 0.538. The summed E-state index contributed by atoms with van der Waals surface area (Å²) in [5.41, 5.74) is -0.577. The van der Waals surface area contributed by atoms with E-state index in [0.717, 1.165) is 31.4 Å². The third-order valence-electron chi connectivity index (χ3n) is 3.23. The molecule has 0 aliphatic heterocycles. The Morgan fingerprint density at radius 2 is 2.11 bits per heavy atom. The summed E-state index contributed by atoms with van der Waals surface area (Å²) in [5.74, 6) is -1.73. The smallest absolute Gasteiger partial charge is 0.295 e. The van der Waals surface area contributed by atoms with Gasteiger partial charge in [0, 0.05) is 19.2 Å². The van der Waals surface area contributed by atoms with Crippen LogP contribution in [0.2, 0.25) is 0 Å². The van der Waals surface area contributed by atoms with Gasteiger partial charge in [0.1, 0.15) is 0 Å². The van der Waals surface area contributed by atoms with Crippen molar-refractivity contribution in [1.82, 2.24) is 0 Å². The molecule has 0 spiro atoms. The van der Waals surface area contributed by atoms with Crippen LogP contribution in [0.1, 0.15) is 26.2 Å². The molecule has 0 bridgehead atoms. The van der Waals surface area contributed by atoms with Gasteiger partial charge in [-0.05, 0) is 31.2 Å². The minimum atomic E-state index is -1.12. The molecule has 0 aromatic heterocycles. The van der Waals surface area contributed by atoms with Crippen LogP contribution in [0.5, 0.6) is 0 Å². The van der Waals surface area contributed by atoms with Crippen LogP contribution >= 0.6 is 0 Å². The summed E-state index contributed by atoms with van der Waals surface area (Å²) in [6.07, 6.45) is 2.82. The third-order valence-corrected chi connectivity index (χ3v) is 3.23. The second-order valence-corrected chi connectivity index (χ2v) is 4.88. The van der Waals surface area contributed by atoms with E-state index in [0.29, 0.717) is 19.0 Å². The van der Waals surface area contributed by atoms with Crippen molar-refractivity contribution in [2.75, 3.05) is 18.0 Å². The average Bonchev–Trinajstić information content (AvgIpc) is 3.15. The summed E-state index contributed by atoms with van der Waals surface area (Å²) in [7, 11) is 0. The molecule has 104 valence electrons. The predicted octanol–water partition coefficient (Wildman–Crippen LogP) is 3.50. The Bertz CT molecular complexity index is 490. The highest BCUT2D eigenvalue weighted by molar-refractivity contribution is 5.64. The van der Waals surface area contributed by atoms with Crippen LogP contribution in [0.3, 0.4) is 0 Å². The maximum atomic E-state index is 13.9. The largest absolute Gasteiger partial charge is 0.363 e. The van der Waals surface area contributed by atoms with Crippen molar-refractivity contribution in [3.05, 3.63) is 33.9 Å². The van der Waals surface area contributed by atoms with Gasteiger partial charge in [0.2, 0.25) is 0 Å². The molecule has 1 aromatic rings. The standard InChI is InChI=1S/C13H16F2N2O2/c1-2-7-16(8-9-3-4-9)13-11(17(18)19)6-5-10(14)12(13)15/h5-6,9H,2-4,7-8H2,1H3. The summed E-state index contributed by atoms with van der Waals surface area (Å²) >= 11 is 0. The van der Waals surface area contributed by atoms with Crippen LogP contribution in [-0.2, 0) is 0 Å². The number of hydrogen-bond acceptors (Lipinski definition) is 3. The van der Waals surface area contributed by atoms with E-state index < -0.39 is 16.6 Å². The van der Waals surface area contributed by atoms with E-state index in [2.05, 4.69) is 0 Å². The van der Waals surface area contributed by atoms with E-state index in [1.165, 1.54) is 0 Å². The lowest BCUT2D eigenvalue weighted by Crippen LogP contribution is -2.28. The van der Waals surface area contributed by atoms with Gasteiger partial charge in [-0.3, -0.25) is 10.1 Å². The quantitative estimate of drug-likeness (QED) is 0.587. The Hall–Kier alpha value is -1.72. The lowest BCUT2D eigenvalue weighted by atomic mass is 10.2. The Morgan fingerprint density at radius 1 is 1.42 bits per heavy atom. The van der Waals surface area contributed by atoms with Gasteiger partial charge in [0.15, 0.2) is 17.3 Å². The minimum absolute atomic E-state index is 0.209. The first-order valence-corrected chi connectivity index (χ1v) is 6.42. The first kappa shape index (κ1) is 13.7. The molecule has 0 radical (unpaired) electrons. The molecule has 2 rings (SSSR count). The van der Waals surface area contributed by atoms with Crippen LogP contribution in [0.25, 0.3) is 0 Å². The summed E-state index contributed by atoms with van der Waals surface area (Å²) in [4.78, 5) is 11.9. The van der Waals surface area contributed by atoms with Crippen LogP contribution < -0.4 is 4.90 Å². The molecule has 1 fully saturated rings. The molecule has 4 nitrogen and oxygen atoms in total. The normalized spacial score (nSPS) is 14.5. The van der Waals surface area contributed by atoms with E-state index >= 15 is 0 Å². The molecule has 1 aliphatic rings. The van der Waals surface area contributed by atoms with Gasteiger partial charge >= 0.3 is 0 Å². The number of nitrogens with zero attached hydrogens (tertiary/aromatic N) is 2. The van der Waals surface area contributed by atoms with Gasteiger partial charge in [-0.25, -0.2) is 8.78 Å². The fourth-order valence-electron chi connectivity index (χ4n) is 2.15. The number of rotatable bonds is 6. The van der Waals surface area contributed by atoms with Crippen LogP contribution in [-0.4, -0.2) is 18.0 Å². The van der Waals surface area contributed by atoms with Gasteiger partial charge in [-0.1, -0.05) is 6.92 Å². The van der Waals surface area contributed by atoms with E-state index in [9.17, 15) is 18.9 Å². The molecule has 1 saturated carbocycles. The van der Waals surface area contributed by atoms with Crippen LogP contribution in [0.15, 0.2) is 12.1 Å². The first-order valence-electron chi connectivity index (χ1n) is 6.42. The maximum Gasteiger partial charge on any atom is 0.295 e. The summed E-state index contributed by atoms with van der Waals surface area (Å²) in [6, 6.07) is 1.83. The Kier molecular flexibility index (Phi) is 3.97. The van der Waals surface area contributed by atoms with Crippen molar-refractivity contribution in [2.45, 2.75) is 26.2 Å². The number of hydrogen-bond donors (Lipinski definition) is 0. The monoisotopic (exact) mass is 270 g/mol. The zero-order valence-electron chi connectivity index (χ0n) is 10.7. The highest BCUT2D eigenvalue weighted by Gasteiger charge is 2.30. The molecule has 1 aliphatic carbocycles. The highest BCUT2D eigenvalue weighted by atomic mass is 19.2. The number of nitro benzene ring substituents is 1. The van der Waals surface area contributed by atoms with Gasteiger partial charge < -0.3 is 4.90 Å². The number of halogens is 2. The topological polar surface area (TPSA) is 46.4 Å². The minimum Gasteiger partial charge on any atom is -0.363 e. The van der Waals surface area contributed by atoms with Crippen LogP contribution in [0.4, 0.5) is 20.2 Å². The van der Waals surface area contributed by atoms with Gasteiger partial charge in [-0.2, -0.15) is 0 Å². The second-order valence-electron chi connectivity index (χ2n) is 4.88. The molecule has 19 heavy (non-hydrogen) atoms. The molecule has 0 N–H and O–H groups in total. The molecule has 6 heteroatoms. The van der Waals surface area contributed by atoms with Crippen LogP contribution in [0, 0.1) is 27.7 Å². The van der Waals surface area contributed by atoms with Crippen molar-refractivity contribution >= 4 is 11.4 Å². The van der Waals surface area contributed by atoms with Gasteiger partial charge in [0.25, 0.3) is 5.69 Å². The Balaban J connectivity index is 2.42. The second kappa shape index (κ2) is 5.50. The number of nitro groups is 1. The molecule has 0 amide bonds. The SMILES string of the molecule is CCCN(CC1CC1)c1c([N+](=O)[O-])ccc(F)c1F. The number of benzene rings is 1. The van der Waals surface area contributed by atoms with Crippen molar-refractivity contribution in [3.63, 3.8) is 0 Å². The van der Waals surface area contributed by atoms with Crippen molar-refractivity contribution in [3.8, 4) is 0 Å². The highest BCUT2D eigenvalue weighted by Crippen LogP contribution is 2.37. The van der Waals surface area contributed by atoms with Gasteiger partial charge in [-0.15, -0.1) is 0 Å². The van der Waals surface area contributed by atoms with E-state index in [1.807, 2.05) is 6.92 Å². The Morgan fingerprint density at radius 3 is 2.63 bits per heavy atom. The lowest BCUT2D eigenvalue weighted by molar-refractivity contribution is -0.384. The van der Waals surface area contributed by atoms with E-state index in [4.69, 9.17) is 0 Å². The molecule has 0 atom stereocenters. The fourth-order valence-corrected chi connectivity index (χ4v) is 2.15. The molecular formula is C13H16F2N2O2. The third kappa shape index (κ3) is 3.00. The van der Waals surface area contributed by atoms with Gasteiger partial charge in [0.05, 0.1) is 4.92 Å². The lowest BCUT2D eigenvalue weighted by Gasteiger charge is -2.24. The van der Waals surface area contributed by atoms with E-state index in [-0.39, 0.29) is 11.4 Å². The van der Waals surface area contributed by atoms with Crippen molar-refractivity contribution < 1.29 is 13.7 Å². The molecule has 0 unspecified atom stereocenters. The zero-order chi connectivity index (χ0) is 14.0. The molecule has 1 aromatic carbocycles. The summed E-state index contributed by atoms with van der Waals surface area (Å²) in [6.45, 7) is 2.94. The molecule has 0 heterocycles. The average molecular weight is 270 g/mol. The van der Waals surface area contributed by atoms with E-state index in [1.54, 1.807) is 4.90 Å². The maximum absolute atomic E-state index is 13.9. The predicted molar refractivity (Wildman–Crippen MR) is 68.2 cm³/mol. The van der Waals surface area contributed by atoms with Crippen molar-refractivity contribution in [2.24, 2.45) is 5.92 Å².